The van der Waals surface area contributed by atoms with Gasteiger partial charge in [-0.3, -0.25) is 0 Å². The minimum absolute atomic E-state index is 0.555. The van der Waals surface area contributed by atoms with Gasteiger partial charge in [0.1, 0.15) is 159 Å². The minimum atomic E-state index is -2.20. The Morgan fingerprint density at radius 3 is 0.816 bits per heavy atom. The van der Waals surface area contributed by atoms with Crippen molar-refractivity contribution in [1.82, 2.24) is 0 Å². The molecule has 87 heavy (non-hydrogen) atoms. The van der Waals surface area contributed by atoms with E-state index in [0.29, 0.717) is 4.90 Å². The second-order valence-electron chi connectivity index (χ2n) is 22.3. The summed E-state index contributed by atoms with van der Waals surface area (Å²) in [5.74, 6) is 0. The van der Waals surface area contributed by atoms with E-state index in [4.69, 9.17) is 72.0 Å². The van der Waals surface area contributed by atoms with Crippen molar-refractivity contribution in [2.75, 3.05) is 46.2 Å². The Bertz CT molecular complexity index is 2490. The van der Waals surface area contributed by atoms with Gasteiger partial charge in [0.25, 0.3) is 0 Å². The summed E-state index contributed by atoms with van der Waals surface area (Å²) >= 11 is 1.06. The average molecular weight is 1280 g/mol. The fourth-order valence-corrected chi connectivity index (χ4v) is 13.2. The molecule has 0 aliphatic carbocycles. The van der Waals surface area contributed by atoms with Crippen LogP contribution in [0.4, 0.5) is 0 Å². The standard InChI is InChI=1S/C52H77NO33S/c53-25-38-18(8-54)79-52(45(25)87-17-6-5-15-3-1-2-4-16(15)7-17)86-44-24(14-60)78-51(37(72)31(44)66)85-43-23(13-59)77-50(36(71)30(43)65)84-42-22(12-58)76-49(35(70)29(42)64)83-41-21(11-57)75-48(34(69)28(41)63)82-40-20(10-56)74-47(33(68)27(40)62)81-39-19(9-55)73-46(80-38)32(67)26(39)61/h1-7,18-52,54-72H,8-14,53H2/t18-,19-,20-,21-,22-,23-,24-,25+,26-,27-,28-,29-,30-,31-,32-,33-,34-,35-,36-,37-,38-,39-,40-,41-,42-,43-,44-,45-,46-,47-,48-,49-,50-,51-,52-/m1/s1. The predicted molar refractivity (Wildman–Crippen MR) is 278 cm³/mol. The van der Waals surface area contributed by atoms with Crippen LogP contribution in [0.1, 0.15) is 0 Å². The molecule has 21 saturated heterocycles. The largest absolute Gasteiger partial charge is 0.394 e. The third-order valence-electron chi connectivity index (χ3n) is 16.8. The Balaban J connectivity index is 0.966. The number of nitrogens with two attached hydrogens (primary N) is 1. The molecule has 0 spiro atoms. The predicted octanol–water partition coefficient (Wildman–Crippen LogP) is -11.3. The molecule has 21 aliphatic heterocycles. The maximum Gasteiger partial charge on any atom is 0.187 e. The number of hydrogen-bond donors (Lipinski definition) is 20. The van der Waals surface area contributed by atoms with Crippen LogP contribution in [0.15, 0.2) is 47.4 Å². The molecule has 35 heteroatoms. The van der Waals surface area contributed by atoms with Gasteiger partial charge in [-0.05, 0) is 22.9 Å². The second-order valence-corrected chi connectivity index (χ2v) is 23.6. The van der Waals surface area contributed by atoms with E-state index in [-0.39, 0.29) is 0 Å². The molecule has 2 aromatic rings. The zero-order valence-electron chi connectivity index (χ0n) is 45.9. The summed E-state index contributed by atoms with van der Waals surface area (Å²) < 4.78 is 82.8. The fraction of sp³-hybridized carbons (Fsp3) is 0.808. The number of hydrogen-bond acceptors (Lipinski definition) is 35. The second kappa shape index (κ2) is 28.9. The van der Waals surface area contributed by atoms with Crippen LogP contribution in [0.25, 0.3) is 10.8 Å². The maximum atomic E-state index is 11.8. The van der Waals surface area contributed by atoms with Gasteiger partial charge in [0.15, 0.2) is 44.0 Å². The molecule has 14 bridgehead atoms. The van der Waals surface area contributed by atoms with E-state index >= 15 is 0 Å². The molecule has 21 fully saturated rings. The van der Waals surface area contributed by atoms with Gasteiger partial charge in [-0.15, -0.1) is 11.8 Å². The number of rotatable bonds is 9. The monoisotopic (exact) mass is 1280 g/mol. The fourth-order valence-electron chi connectivity index (χ4n) is 12.0. The molecule has 34 nitrogen and oxygen atoms in total. The number of ether oxygens (including phenoxy) is 14. The van der Waals surface area contributed by atoms with Crippen LogP contribution in [0.5, 0.6) is 0 Å². The quantitative estimate of drug-likeness (QED) is 0.111. The van der Waals surface area contributed by atoms with E-state index in [2.05, 4.69) is 0 Å². The number of benzene rings is 2. The van der Waals surface area contributed by atoms with Crippen LogP contribution in [0.3, 0.4) is 0 Å². The summed E-state index contributed by atoms with van der Waals surface area (Å²) in [7, 11) is 0. The first-order valence-electron chi connectivity index (χ1n) is 28.2. The summed E-state index contributed by atoms with van der Waals surface area (Å²) in [5, 5.41) is 213. The highest BCUT2D eigenvalue weighted by molar-refractivity contribution is 8.00. The number of aliphatic hydroxyl groups is 19. The molecule has 0 aromatic heterocycles. The maximum absolute atomic E-state index is 11.8. The van der Waals surface area contributed by atoms with Crippen molar-refractivity contribution in [3.05, 3.63) is 42.5 Å². The lowest BCUT2D eigenvalue weighted by molar-refractivity contribution is -0.396. The van der Waals surface area contributed by atoms with Gasteiger partial charge in [-0.2, -0.15) is 0 Å². The third-order valence-corrected chi connectivity index (χ3v) is 18.2. The average Bonchev–Trinajstić information content (AvgIpc) is 1.04. The number of thioether (sulfide) groups is 1. The van der Waals surface area contributed by atoms with Crippen molar-refractivity contribution in [1.29, 1.82) is 0 Å². The Kier molecular flexibility index (Phi) is 22.5. The van der Waals surface area contributed by atoms with Crippen molar-refractivity contribution >= 4 is 22.5 Å². The lowest BCUT2D eigenvalue weighted by atomic mass is 9.95. The molecule has 21 heterocycles. The van der Waals surface area contributed by atoms with E-state index < -0.39 is 260 Å². The van der Waals surface area contributed by atoms with E-state index in [1.807, 2.05) is 24.3 Å². The Morgan fingerprint density at radius 1 is 0.287 bits per heavy atom. The lowest BCUT2D eigenvalue weighted by Gasteiger charge is -2.50. The Hall–Kier alpha value is -2.31. The van der Waals surface area contributed by atoms with Crippen LogP contribution < -0.4 is 5.73 Å². The van der Waals surface area contributed by atoms with Gasteiger partial charge < -0.3 is 169 Å². The zero-order valence-corrected chi connectivity index (χ0v) is 46.7. The molecular formula is C52H77NO33S. The van der Waals surface area contributed by atoms with Gasteiger partial charge in [0.2, 0.25) is 0 Å². The normalized spacial score (nSPS) is 50.4. The van der Waals surface area contributed by atoms with Crippen molar-refractivity contribution < 1.29 is 163 Å². The molecule has 23 rings (SSSR count). The van der Waals surface area contributed by atoms with Crippen molar-refractivity contribution in [3.63, 3.8) is 0 Å². The Labute approximate surface area is 498 Å². The molecule has 21 aliphatic rings. The van der Waals surface area contributed by atoms with Crippen LogP contribution >= 0.6 is 11.8 Å². The molecule has 0 unspecified atom stereocenters. The summed E-state index contributed by atoms with van der Waals surface area (Å²) in [5.41, 5.74) is 7.04. The molecule has 2 aromatic carbocycles. The summed E-state index contributed by atoms with van der Waals surface area (Å²) in [4.78, 5) is 0.555. The van der Waals surface area contributed by atoms with Gasteiger partial charge in [-0.25, -0.2) is 0 Å². The zero-order chi connectivity index (χ0) is 62.4. The first-order chi connectivity index (χ1) is 41.7. The SMILES string of the molecule is N[C@H]1[C@@H]2O[C@H]3O[C@H](CO)[C@@H](O[C@H]4O[C@H](CO)[C@@H](O[C@H]5O[C@H](CO)[C@@H](O[C@H]6O[C@H](CO)[C@@H](O[C@H]7O[C@H](CO)[C@@H](O[C@H]8O[C@H](CO)[C@@H](O[C@@H](O[C@@H]2CO)[C@@H]1Sc1ccc2ccccc2c1)[C@H](O)[C@H]8O)[C@H](O)[C@H]7O)[C@H](O)[C@H]6O)[C@H](O)[C@H]5O)[C@H](O)[C@H]4O)[C@H](O)[C@H]3O. The van der Waals surface area contributed by atoms with Gasteiger partial charge in [0.05, 0.1) is 57.5 Å². The summed E-state index contributed by atoms with van der Waals surface area (Å²) in [6.07, 6.45) is -63.8. The minimum Gasteiger partial charge on any atom is -0.394 e. The van der Waals surface area contributed by atoms with E-state index in [1.54, 1.807) is 18.2 Å². The van der Waals surface area contributed by atoms with Gasteiger partial charge in [-0.1, -0.05) is 30.3 Å². The molecule has 35 atom stereocenters. The number of aliphatic hydroxyl groups excluding tert-OH is 19. The van der Waals surface area contributed by atoms with E-state index in [1.165, 1.54) is 0 Å². The van der Waals surface area contributed by atoms with Crippen molar-refractivity contribution in [2.45, 2.75) is 219 Å². The molecule has 0 radical (unpaired) electrons. The highest BCUT2D eigenvalue weighted by atomic mass is 32.2. The smallest absolute Gasteiger partial charge is 0.187 e. The summed E-state index contributed by atoms with van der Waals surface area (Å²) in [6.45, 7) is -6.98. The van der Waals surface area contributed by atoms with Crippen LogP contribution in [-0.4, -0.2) is 357 Å². The molecule has 0 saturated carbocycles. The molecular weight excluding hydrogens is 1200 g/mol. The molecule has 0 amide bonds. The van der Waals surface area contributed by atoms with Gasteiger partial charge >= 0.3 is 0 Å². The lowest BCUT2D eigenvalue weighted by Crippen LogP contribution is -2.69. The van der Waals surface area contributed by atoms with Crippen LogP contribution in [0.2, 0.25) is 0 Å². The van der Waals surface area contributed by atoms with Crippen LogP contribution in [-0.2, 0) is 66.3 Å². The number of fused-ring (bicyclic) bond motifs is 1. The van der Waals surface area contributed by atoms with Gasteiger partial charge in [0, 0.05) is 4.90 Å². The highest BCUT2D eigenvalue weighted by Crippen LogP contribution is 2.42. The third kappa shape index (κ3) is 13.5. The Morgan fingerprint density at radius 2 is 0.529 bits per heavy atom. The topological polar surface area (TPSA) is 540 Å². The highest BCUT2D eigenvalue weighted by Gasteiger charge is 2.59. The van der Waals surface area contributed by atoms with Crippen molar-refractivity contribution in [2.24, 2.45) is 5.73 Å². The first-order valence-corrected chi connectivity index (χ1v) is 29.1. The van der Waals surface area contributed by atoms with E-state index in [9.17, 15) is 97.0 Å². The first kappa shape index (κ1) is 67.6. The molecule has 21 N–H and O–H groups in total. The van der Waals surface area contributed by atoms with E-state index in [0.717, 1.165) is 22.5 Å². The van der Waals surface area contributed by atoms with Crippen LogP contribution in [0, 0.1) is 0 Å². The molecule has 494 valence electrons. The van der Waals surface area contributed by atoms with Crippen molar-refractivity contribution in [3.8, 4) is 0 Å². The summed E-state index contributed by atoms with van der Waals surface area (Å²) in [6, 6.07) is 11.3.